The molecule has 0 bridgehead atoms. The van der Waals surface area contributed by atoms with Crippen LogP contribution in [0.4, 0.5) is 14.5 Å². The summed E-state index contributed by atoms with van der Waals surface area (Å²) >= 11 is 0. The highest BCUT2D eigenvalue weighted by atomic mass is 19.3. The Morgan fingerprint density at radius 2 is 2.05 bits per heavy atom. The molecule has 7 heteroatoms. The van der Waals surface area contributed by atoms with Gasteiger partial charge < -0.3 is 19.5 Å². The number of halogens is 2. The Morgan fingerprint density at radius 3 is 2.60 bits per heavy atom. The van der Waals surface area contributed by atoms with Crippen molar-refractivity contribution in [3.8, 4) is 11.5 Å². The van der Waals surface area contributed by atoms with E-state index in [0.717, 1.165) is 0 Å². The molecule has 0 atom stereocenters. The van der Waals surface area contributed by atoms with Gasteiger partial charge in [0.1, 0.15) is 18.1 Å². The predicted octanol–water partition coefficient (Wildman–Crippen LogP) is 2.66. The molecular formula is C13H17F2NO4. The topological polar surface area (TPSA) is 56.8 Å². The highest BCUT2D eigenvalue weighted by Gasteiger charge is 2.13. The van der Waals surface area contributed by atoms with E-state index in [1.165, 1.54) is 25.3 Å². The summed E-state index contributed by atoms with van der Waals surface area (Å²) in [6.07, 6.45) is -0.108. The minimum Gasteiger partial charge on any atom is -0.497 e. The maximum absolute atomic E-state index is 12.3. The molecule has 0 aliphatic heterocycles. The second-order valence-electron chi connectivity index (χ2n) is 4.15. The lowest BCUT2D eigenvalue weighted by atomic mass is 10.2. The van der Waals surface area contributed by atoms with Crippen molar-refractivity contribution in [2.24, 2.45) is 0 Å². The summed E-state index contributed by atoms with van der Waals surface area (Å²) in [4.78, 5) is 11.6. The van der Waals surface area contributed by atoms with E-state index >= 15 is 0 Å². The van der Waals surface area contributed by atoms with E-state index in [0.29, 0.717) is 5.75 Å². The lowest BCUT2D eigenvalue weighted by Gasteiger charge is -2.14. The molecule has 0 spiro atoms. The summed E-state index contributed by atoms with van der Waals surface area (Å²) in [5.74, 6) is -0.198. The Morgan fingerprint density at radius 1 is 1.35 bits per heavy atom. The molecule has 20 heavy (non-hydrogen) atoms. The highest BCUT2D eigenvalue weighted by molar-refractivity contribution is 5.93. The average molecular weight is 289 g/mol. The minimum absolute atomic E-state index is 0.0991. The molecular weight excluding hydrogens is 272 g/mol. The van der Waals surface area contributed by atoms with E-state index in [2.05, 4.69) is 10.1 Å². The standard InChI is InChI=1S/C13H17F2NO4/c1-8(2)19-7-12(17)16-10-6-9(18-3)4-5-11(10)20-13(14)15/h4-6,8,13H,7H2,1-3H3,(H,16,17). The van der Waals surface area contributed by atoms with Gasteiger partial charge >= 0.3 is 6.61 Å². The van der Waals surface area contributed by atoms with Crippen LogP contribution in [-0.2, 0) is 9.53 Å². The number of carbonyl (C=O) groups is 1. The maximum atomic E-state index is 12.3. The third kappa shape index (κ3) is 5.40. The van der Waals surface area contributed by atoms with E-state index in [9.17, 15) is 13.6 Å². The van der Waals surface area contributed by atoms with Gasteiger partial charge in [0.05, 0.1) is 18.9 Å². The molecule has 0 aromatic heterocycles. The Hall–Kier alpha value is -1.89. The monoisotopic (exact) mass is 289 g/mol. The van der Waals surface area contributed by atoms with Crippen LogP contribution in [-0.4, -0.2) is 32.3 Å². The molecule has 0 saturated carbocycles. The zero-order chi connectivity index (χ0) is 15.1. The number of hydrogen-bond acceptors (Lipinski definition) is 4. The Bertz CT molecular complexity index is 452. The van der Waals surface area contributed by atoms with Crippen molar-refractivity contribution in [1.82, 2.24) is 0 Å². The van der Waals surface area contributed by atoms with Gasteiger partial charge in [-0.15, -0.1) is 0 Å². The van der Waals surface area contributed by atoms with Crippen molar-refractivity contribution < 1.29 is 27.8 Å². The van der Waals surface area contributed by atoms with Crippen molar-refractivity contribution in [1.29, 1.82) is 0 Å². The van der Waals surface area contributed by atoms with Crippen LogP contribution in [0.25, 0.3) is 0 Å². The van der Waals surface area contributed by atoms with Crippen LogP contribution < -0.4 is 14.8 Å². The van der Waals surface area contributed by atoms with Crippen molar-refractivity contribution in [3.05, 3.63) is 18.2 Å². The minimum atomic E-state index is -2.98. The first-order valence-corrected chi connectivity index (χ1v) is 5.96. The molecule has 1 aromatic rings. The molecule has 112 valence electrons. The molecule has 0 unspecified atom stereocenters. The molecule has 0 saturated heterocycles. The van der Waals surface area contributed by atoms with Crippen LogP contribution in [0, 0.1) is 0 Å². The lowest BCUT2D eigenvalue weighted by Crippen LogP contribution is -2.21. The number of alkyl halides is 2. The van der Waals surface area contributed by atoms with Crippen LogP contribution in [0.3, 0.4) is 0 Å². The SMILES string of the molecule is COc1ccc(OC(F)F)c(NC(=O)COC(C)C)c1. The molecule has 0 aliphatic carbocycles. The molecule has 1 rings (SSSR count). The average Bonchev–Trinajstić information content (AvgIpc) is 2.38. The predicted molar refractivity (Wildman–Crippen MR) is 69.3 cm³/mol. The van der Waals surface area contributed by atoms with Crippen LogP contribution in [0.2, 0.25) is 0 Å². The van der Waals surface area contributed by atoms with Crippen LogP contribution in [0.5, 0.6) is 11.5 Å². The third-order valence-corrected chi connectivity index (χ3v) is 2.22. The van der Waals surface area contributed by atoms with E-state index in [1.54, 1.807) is 13.8 Å². The Labute approximate surface area is 115 Å². The quantitative estimate of drug-likeness (QED) is 0.838. The third-order valence-electron chi connectivity index (χ3n) is 2.22. The molecule has 1 aromatic carbocycles. The molecule has 0 fully saturated rings. The number of carbonyl (C=O) groups excluding carboxylic acids is 1. The number of benzene rings is 1. The summed E-state index contributed by atoms with van der Waals surface area (Å²) in [7, 11) is 1.43. The van der Waals surface area contributed by atoms with Crippen molar-refractivity contribution in [2.45, 2.75) is 26.6 Å². The Kier molecular flexibility index (Phi) is 6.17. The van der Waals surface area contributed by atoms with Gasteiger partial charge in [-0.2, -0.15) is 8.78 Å². The smallest absolute Gasteiger partial charge is 0.387 e. The van der Waals surface area contributed by atoms with Crippen molar-refractivity contribution >= 4 is 11.6 Å². The maximum Gasteiger partial charge on any atom is 0.387 e. The largest absolute Gasteiger partial charge is 0.497 e. The Balaban J connectivity index is 2.81. The summed E-state index contributed by atoms with van der Waals surface area (Å²) < 4.78 is 39.0. The second kappa shape index (κ2) is 7.64. The van der Waals surface area contributed by atoms with E-state index in [1.807, 2.05) is 0 Å². The van der Waals surface area contributed by atoms with Crippen LogP contribution >= 0.6 is 0 Å². The molecule has 0 radical (unpaired) electrons. The van der Waals surface area contributed by atoms with Gasteiger partial charge in [0, 0.05) is 6.07 Å². The number of methoxy groups -OCH3 is 1. The zero-order valence-corrected chi connectivity index (χ0v) is 11.5. The van der Waals surface area contributed by atoms with Crippen molar-refractivity contribution in [3.63, 3.8) is 0 Å². The molecule has 5 nitrogen and oxygen atoms in total. The summed E-state index contributed by atoms with van der Waals surface area (Å²) in [6.45, 7) is 0.406. The fraction of sp³-hybridized carbons (Fsp3) is 0.462. The number of amides is 1. The summed E-state index contributed by atoms with van der Waals surface area (Å²) in [6, 6.07) is 4.15. The molecule has 1 N–H and O–H groups in total. The van der Waals surface area contributed by atoms with Gasteiger partial charge in [0.15, 0.2) is 0 Å². The summed E-state index contributed by atoms with van der Waals surface area (Å²) in [5.41, 5.74) is 0.0991. The number of ether oxygens (including phenoxy) is 3. The number of rotatable bonds is 7. The van der Waals surface area contributed by atoms with E-state index < -0.39 is 12.5 Å². The number of hydrogen-bond donors (Lipinski definition) is 1. The van der Waals surface area contributed by atoms with Crippen molar-refractivity contribution in [2.75, 3.05) is 19.0 Å². The van der Waals surface area contributed by atoms with E-state index in [4.69, 9.17) is 9.47 Å². The number of nitrogens with one attached hydrogen (secondary N) is 1. The fourth-order valence-corrected chi connectivity index (χ4v) is 1.36. The highest BCUT2D eigenvalue weighted by Crippen LogP contribution is 2.30. The van der Waals surface area contributed by atoms with Gasteiger partial charge in [-0.25, -0.2) is 0 Å². The second-order valence-corrected chi connectivity index (χ2v) is 4.15. The van der Waals surface area contributed by atoms with E-state index in [-0.39, 0.29) is 24.1 Å². The lowest BCUT2D eigenvalue weighted by molar-refractivity contribution is -0.122. The summed E-state index contributed by atoms with van der Waals surface area (Å²) in [5, 5.41) is 2.44. The van der Waals surface area contributed by atoms with Gasteiger partial charge in [0.2, 0.25) is 5.91 Å². The van der Waals surface area contributed by atoms with Gasteiger partial charge in [-0.05, 0) is 26.0 Å². The normalized spacial score (nSPS) is 10.8. The zero-order valence-electron chi connectivity index (χ0n) is 11.5. The van der Waals surface area contributed by atoms with Gasteiger partial charge in [-0.1, -0.05) is 0 Å². The molecule has 1 amide bonds. The van der Waals surface area contributed by atoms with Crippen LogP contribution in [0.15, 0.2) is 18.2 Å². The number of anilines is 1. The van der Waals surface area contributed by atoms with Gasteiger partial charge in [-0.3, -0.25) is 4.79 Å². The molecule has 0 heterocycles. The molecule has 0 aliphatic rings. The first-order chi connectivity index (χ1) is 9.42. The fourth-order valence-electron chi connectivity index (χ4n) is 1.36. The first kappa shape index (κ1) is 16.2. The van der Waals surface area contributed by atoms with Crippen LogP contribution in [0.1, 0.15) is 13.8 Å². The van der Waals surface area contributed by atoms with Gasteiger partial charge in [0.25, 0.3) is 0 Å². The first-order valence-electron chi connectivity index (χ1n) is 5.96.